The first-order valence-electron chi connectivity index (χ1n) is 12.6. The van der Waals surface area contributed by atoms with Crippen LogP contribution in [0.25, 0.3) is 0 Å². The molecule has 3 saturated heterocycles. The van der Waals surface area contributed by atoms with Crippen molar-refractivity contribution in [2.75, 3.05) is 38.8 Å². The molecular formula is C27H32N2O6. The van der Waals surface area contributed by atoms with E-state index >= 15 is 0 Å². The van der Waals surface area contributed by atoms with Crippen molar-refractivity contribution >= 4 is 17.6 Å². The Balaban J connectivity index is 1.55. The maximum absolute atomic E-state index is 14.2. The number of carbonyl (C=O) groups excluding carboxylic acids is 2. The number of rotatable bonds is 3. The van der Waals surface area contributed by atoms with Gasteiger partial charge < -0.3 is 23.8 Å². The van der Waals surface area contributed by atoms with Crippen LogP contribution in [0.2, 0.25) is 0 Å². The molecule has 1 unspecified atom stereocenters. The maximum atomic E-state index is 14.2. The standard InChI is InChI=1S/C27H32N2O6/c1-13(30)35-22-21-19-20-14(6-9-34-21)12-28-8-7-27(25(28)26(20,2)3)15-10-17(32-4)18(33-5)11-16(15)29(23(19)27)24(22)31/h6,10-11,19-23,25H,7-9,12H2,1-5H3/t19-,20-,21+,22?,23-,25-,27-/m0/s1. The summed E-state index contributed by atoms with van der Waals surface area (Å²) in [5.74, 6) is 0.855. The minimum absolute atomic E-state index is 0.0155. The van der Waals surface area contributed by atoms with Crippen LogP contribution in [-0.4, -0.2) is 75.0 Å². The molecule has 186 valence electrons. The van der Waals surface area contributed by atoms with Crippen molar-refractivity contribution in [2.24, 2.45) is 17.3 Å². The van der Waals surface area contributed by atoms with Gasteiger partial charge in [-0.2, -0.15) is 0 Å². The van der Waals surface area contributed by atoms with Gasteiger partial charge in [-0.25, -0.2) is 0 Å². The number of anilines is 1. The summed E-state index contributed by atoms with van der Waals surface area (Å²) in [7, 11) is 3.27. The van der Waals surface area contributed by atoms with Gasteiger partial charge in [0.15, 0.2) is 11.5 Å². The normalized spacial score (nSPS) is 39.5. The number of esters is 1. The molecule has 0 aromatic heterocycles. The van der Waals surface area contributed by atoms with Gasteiger partial charge in [0.05, 0.1) is 32.6 Å². The largest absolute Gasteiger partial charge is 0.493 e. The molecular weight excluding hydrogens is 448 g/mol. The van der Waals surface area contributed by atoms with E-state index in [1.807, 2.05) is 11.0 Å². The van der Waals surface area contributed by atoms with Gasteiger partial charge in [-0.05, 0) is 35.9 Å². The summed E-state index contributed by atoms with van der Waals surface area (Å²) in [5.41, 5.74) is 3.08. The van der Waals surface area contributed by atoms with Gasteiger partial charge >= 0.3 is 5.97 Å². The third-order valence-electron chi connectivity index (χ3n) is 9.86. The summed E-state index contributed by atoms with van der Waals surface area (Å²) < 4.78 is 23.6. The Hall–Kier alpha value is -2.58. The number of nitrogens with zero attached hydrogens (tertiary/aromatic N) is 2. The second-order valence-corrected chi connectivity index (χ2v) is 11.5. The molecule has 2 bridgehead atoms. The molecule has 8 heteroatoms. The first-order chi connectivity index (χ1) is 16.8. The molecule has 5 aliphatic heterocycles. The fourth-order valence-electron chi connectivity index (χ4n) is 9.28. The first-order valence-corrected chi connectivity index (χ1v) is 12.6. The Kier molecular flexibility index (Phi) is 4.21. The molecule has 1 saturated carbocycles. The van der Waals surface area contributed by atoms with Crippen LogP contribution in [0, 0.1) is 17.3 Å². The minimum atomic E-state index is -0.968. The van der Waals surface area contributed by atoms with E-state index in [2.05, 4.69) is 30.9 Å². The summed E-state index contributed by atoms with van der Waals surface area (Å²) in [5, 5.41) is 0. The number of carbonyl (C=O) groups is 2. The van der Waals surface area contributed by atoms with Gasteiger partial charge in [0.2, 0.25) is 6.10 Å². The highest BCUT2D eigenvalue weighted by Crippen LogP contribution is 2.71. The van der Waals surface area contributed by atoms with Crippen LogP contribution in [0.4, 0.5) is 5.69 Å². The number of hydrogen-bond acceptors (Lipinski definition) is 7. The van der Waals surface area contributed by atoms with Crippen molar-refractivity contribution in [3.8, 4) is 11.5 Å². The van der Waals surface area contributed by atoms with Crippen molar-refractivity contribution in [1.29, 1.82) is 0 Å². The number of fused-ring (bicyclic) bond motifs is 2. The quantitative estimate of drug-likeness (QED) is 0.485. The average Bonchev–Trinajstić information content (AvgIpc) is 3.26. The lowest BCUT2D eigenvalue weighted by Gasteiger charge is -2.66. The maximum Gasteiger partial charge on any atom is 0.303 e. The van der Waals surface area contributed by atoms with Crippen LogP contribution in [0.5, 0.6) is 11.5 Å². The zero-order valence-electron chi connectivity index (χ0n) is 20.9. The number of hydrogen-bond donors (Lipinski definition) is 0. The predicted molar refractivity (Wildman–Crippen MR) is 127 cm³/mol. The summed E-state index contributed by atoms with van der Waals surface area (Å²) >= 11 is 0. The van der Waals surface area contributed by atoms with Gasteiger partial charge in [0, 0.05) is 36.9 Å². The third kappa shape index (κ3) is 2.36. The molecule has 5 heterocycles. The number of benzene rings is 1. The highest BCUT2D eigenvalue weighted by Gasteiger charge is 2.77. The minimum Gasteiger partial charge on any atom is -0.493 e. The summed E-state index contributed by atoms with van der Waals surface area (Å²) in [6.45, 7) is 8.47. The monoisotopic (exact) mass is 480 g/mol. The average molecular weight is 481 g/mol. The lowest BCUT2D eigenvalue weighted by Crippen LogP contribution is -2.77. The van der Waals surface area contributed by atoms with E-state index in [9.17, 15) is 9.59 Å². The van der Waals surface area contributed by atoms with E-state index in [4.69, 9.17) is 18.9 Å². The van der Waals surface area contributed by atoms with Crippen molar-refractivity contribution in [2.45, 2.75) is 56.9 Å². The molecule has 7 rings (SSSR count). The van der Waals surface area contributed by atoms with E-state index < -0.39 is 18.2 Å². The van der Waals surface area contributed by atoms with Crippen LogP contribution >= 0.6 is 0 Å². The van der Waals surface area contributed by atoms with Gasteiger partial charge in [0.25, 0.3) is 5.91 Å². The number of methoxy groups -OCH3 is 2. The van der Waals surface area contributed by atoms with Crippen LogP contribution < -0.4 is 14.4 Å². The highest BCUT2D eigenvalue weighted by atomic mass is 16.6. The highest BCUT2D eigenvalue weighted by molar-refractivity contribution is 6.03. The lowest BCUT2D eigenvalue weighted by molar-refractivity contribution is -0.184. The van der Waals surface area contributed by atoms with Gasteiger partial charge in [-0.1, -0.05) is 25.5 Å². The summed E-state index contributed by atoms with van der Waals surface area (Å²) in [6, 6.07) is 4.24. The molecule has 4 fully saturated rings. The first kappa shape index (κ1) is 21.7. The Morgan fingerprint density at radius 1 is 1.17 bits per heavy atom. The molecule has 35 heavy (non-hydrogen) atoms. The Morgan fingerprint density at radius 3 is 2.63 bits per heavy atom. The number of amides is 1. The molecule has 1 amide bonds. The molecule has 1 spiro atoms. The molecule has 7 atom stereocenters. The summed E-state index contributed by atoms with van der Waals surface area (Å²) in [4.78, 5) is 31.0. The van der Waals surface area contributed by atoms with Crippen molar-refractivity contribution in [3.63, 3.8) is 0 Å². The zero-order valence-corrected chi connectivity index (χ0v) is 20.9. The van der Waals surface area contributed by atoms with Crippen molar-refractivity contribution in [1.82, 2.24) is 4.90 Å². The van der Waals surface area contributed by atoms with Crippen LogP contribution in [0.3, 0.4) is 0 Å². The van der Waals surface area contributed by atoms with E-state index in [1.54, 1.807) is 14.2 Å². The topological polar surface area (TPSA) is 77.5 Å². The second kappa shape index (κ2) is 6.79. The lowest BCUT2D eigenvalue weighted by atomic mass is 9.45. The third-order valence-corrected chi connectivity index (χ3v) is 9.86. The van der Waals surface area contributed by atoms with E-state index in [-0.39, 0.29) is 40.7 Å². The molecule has 1 aromatic carbocycles. The van der Waals surface area contributed by atoms with Crippen LogP contribution in [0.15, 0.2) is 23.8 Å². The molecule has 1 aromatic rings. The molecule has 8 nitrogen and oxygen atoms in total. The zero-order chi connectivity index (χ0) is 24.4. The second-order valence-electron chi connectivity index (χ2n) is 11.5. The Morgan fingerprint density at radius 2 is 1.91 bits per heavy atom. The predicted octanol–water partition coefficient (Wildman–Crippen LogP) is 2.29. The molecule has 0 radical (unpaired) electrons. The van der Waals surface area contributed by atoms with E-state index in [1.165, 1.54) is 12.5 Å². The van der Waals surface area contributed by atoms with Crippen LogP contribution in [0.1, 0.15) is 32.8 Å². The SMILES string of the molecule is COc1cc2c(cc1OC)[C@@]13CCN4CC5=CCO[C@H]6C(OC(C)=O)C(=O)N2[C@H]1[C@H]6[C@H]5C(C)(C)[C@H]43. The molecule has 0 N–H and O–H groups in total. The fourth-order valence-corrected chi connectivity index (χ4v) is 9.28. The molecule has 1 aliphatic carbocycles. The van der Waals surface area contributed by atoms with Crippen LogP contribution in [-0.2, 0) is 24.5 Å². The van der Waals surface area contributed by atoms with Gasteiger partial charge in [0.1, 0.15) is 6.10 Å². The van der Waals surface area contributed by atoms with Gasteiger partial charge in [-0.3, -0.25) is 14.5 Å². The number of ether oxygens (including phenoxy) is 4. The Bertz CT molecular complexity index is 1190. The van der Waals surface area contributed by atoms with Crippen molar-refractivity contribution < 1.29 is 28.5 Å². The van der Waals surface area contributed by atoms with Crippen molar-refractivity contribution in [3.05, 3.63) is 29.3 Å². The number of piperidine rings is 2. The van der Waals surface area contributed by atoms with E-state index in [0.717, 1.165) is 30.8 Å². The Labute approximate surface area is 205 Å². The molecule has 6 aliphatic rings. The summed E-state index contributed by atoms with van der Waals surface area (Å²) in [6.07, 6.45) is 1.73. The fraction of sp³-hybridized carbons (Fsp3) is 0.630. The smallest absolute Gasteiger partial charge is 0.303 e. The van der Waals surface area contributed by atoms with Gasteiger partial charge in [-0.15, -0.1) is 0 Å². The van der Waals surface area contributed by atoms with E-state index in [0.29, 0.717) is 18.1 Å².